The van der Waals surface area contributed by atoms with Gasteiger partial charge in [0.05, 0.1) is 37.7 Å². The molecule has 0 saturated heterocycles. The molecule has 1 aromatic carbocycles. The second-order valence-corrected chi connectivity index (χ2v) is 15.8. The highest BCUT2D eigenvalue weighted by atomic mass is 32.1. The van der Waals surface area contributed by atoms with Crippen LogP contribution < -0.4 is 60.0 Å². The highest BCUT2D eigenvalue weighted by molar-refractivity contribution is 7.80. The number of carboxylic acid groups (broad SMARTS) is 4. The van der Waals surface area contributed by atoms with Gasteiger partial charge in [-0.05, 0) is 50.5 Å². The number of rotatable bonds is 29. The molecule has 0 aliphatic carbocycles. The summed E-state index contributed by atoms with van der Waals surface area (Å²) in [5.41, 5.74) is 17.1. The topological polar surface area (TPSA) is 498 Å². The van der Waals surface area contributed by atoms with Gasteiger partial charge in [0, 0.05) is 36.0 Å². The molecule has 384 valence electrons. The second kappa shape index (κ2) is 27.4. The summed E-state index contributed by atoms with van der Waals surface area (Å²) in [6.07, 6.45) is -2.55. The number of carboxylic acids is 4. The molecule has 0 spiro atoms. The number of carbonyl (C=O) groups is 10. The van der Waals surface area contributed by atoms with Crippen LogP contribution in [0.25, 0.3) is 11.2 Å². The van der Waals surface area contributed by atoms with Gasteiger partial charge in [-0.2, -0.15) is 17.6 Å². The number of guanidine groups is 1. The zero-order valence-corrected chi connectivity index (χ0v) is 38.6. The minimum Gasteiger partial charge on any atom is -0.481 e. The van der Waals surface area contributed by atoms with Crippen molar-refractivity contribution < 1.29 is 68.4 Å². The number of carbonyl (C=O) groups excluding carboxylic acids is 6. The van der Waals surface area contributed by atoms with E-state index in [-0.39, 0.29) is 67.4 Å². The van der Waals surface area contributed by atoms with Gasteiger partial charge < -0.3 is 74.8 Å². The van der Waals surface area contributed by atoms with Crippen LogP contribution in [0.3, 0.4) is 0 Å². The molecule has 0 fully saturated rings. The Balaban J connectivity index is 1.66. The van der Waals surface area contributed by atoms with Crippen LogP contribution in [0.15, 0.2) is 40.2 Å². The van der Waals surface area contributed by atoms with Gasteiger partial charge in [0.15, 0.2) is 17.1 Å². The maximum atomic E-state index is 13.7. The monoisotopic (exact) mass is 1020 g/mol. The summed E-state index contributed by atoms with van der Waals surface area (Å²) in [5, 5.41) is 54.1. The zero-order chi connectivity index (χ0) is 52.9. The fourth-order valence-corrected chi connectivity index (χ4v) is 6.43. The third-order valence-corrected chi connectivity index (χ3v) is 10.1. The standard InChI is InChI=1S/C40H53N15O15S/c1-17(47-32(63)18-5-7-19(8-6-18)45-14-20-15-46-31-30(48-20)37(68)55-40(43)54-31)4-9-26(56)49-22(11-27(57)58)34(65)50-21(3-2-10-44-39(41)42)33(64)51-23(12-28(59)60)35(66)52-24(13-29(61)62)36(67)53-25(16-71)38(69)70/h5-8,15,17,21-25,45,71H,2-4,9-14,16H2,1H3,(H,47,63)(H,49,56)(H,50,65)(H,51,64)(H,52,66)(H,53,67)(H,57,58)(H,59,60)(H,61,62)(H,69,70)(H4,41,42,44)(H3,43,46,54,55,68)/t17-,21+,22-,23+,24+,25+/m1/s1. The smallest absolute Gasteiger partial charge is 0.327 e. The molecular weight excluding hydrogens is 963 g/mol. The van der Waals surface area contributed by atoms with E-state index in [0.717, 1.165) is 0 Å². The Morgan fingerprint density at radius 3 is 1.76 bits per heavy atom. The first-order valence-electron chi connectivity index (χ1n) is 21.2. The van der Waals surface area contributed by atoms with Gasteiger partial charge in [0.25, 0.3) is 11.5 Å². The molecule has 31 heteroatoms. The van der Waals surface area contributed by atoms with Gasteiger partial charge in [-0.3, -0.25) is 57.9 Å². The highest BCUT2D eigenvalue weighted by Gasteiger charge is 2.34. The highest BCUT2D eigenvalue weighted by Crippen LogP contribution is 2.13. The Bertz CT molecular complexity index is 2560. The molecule has 2 heterocycles. The molecule has 2 aromatic heterocycles. The van der Waals surface area contributed by atoms with Gasteiger partial charge in [-0.25, -0.2) is 14.8 Å². The molecule has 6 amide bonds. The first-order chi connectivity index (χ1) is 33.4. The first-order valence-corrected chi connectivity index (χ1v) is 21.8. The van der Waals surface area contributed by atoms with Gasteiger partial charge in [-0.1, -0.05) is 0 Å². The lowest BCUT2D eigenvalue weighted by molar-refractivity contribution is -0.144. The number of nitrogens with zero attached hydrogens (tertiary/aromatic N) is 4. The number of aliphatic carboxylic acids is 4. The third kappa shape index (κ3) is 19.5. The fraction of sp³-hybridized carbons (Fsp3) is 0.425. The normalized spacial score (nSPS) is 13.3. The Labute approximate surface area is 406 Å². The number of anilines is 2. The molecule has 6 atom stereocenters. The zero-order valence-electron chi connectivity index (χ0n) is 37.7. The number of benzene rings is 1. The van der Waals surface area contributed by atoms with E-state index >= 15 is 0 Å². The summed E-state index contributed by atoms with van der Waals surface area (Å²) in [5.74, 6) is -13.8. The Kier molecular flexibility index (Phi) is 21.9. The summed E-state index contributed by atoms with van der Waals surface area (Å²) >= 11 is 3.80. The molecule has 0 aliphatic rings. The van der Waals surface area contributed by atoms with E-state index in [2.05, 4.69) is 64.1 Å². The number of nitrogen functional groups attached to an aromatic ring is 1. The predicted octanol–water partition coefficient (Wildman–Crippen LogP) is -4.28. The van der Waals surface area contributed by atoms with Crippen molar-refractivity contribution >= 4 is 101 Å². The van der Waals surface area contributed by atoms with Crippen molar-refractivity contribution in [1.82, 2.24) is 51.8 Å². The minimum atomic E-state index is -2.05. The number of hydrogen-bond donors (Lipinski definition) is 16. The number of fused-ring (bicyclic) bond motifs is 1. The van der Waals surface area contributed by atoms with Crippen molar-refractivity contribution in [2.45, 2.75) is 94.7 Å². The number of nitrogens with one attached hydrogen (secondary N) is 8. The second-order valence-electron chi connectivity index (χ2n) is 15.5. The van der Waals surface area contributed by atoms with E-state index in [1.54, 1.807) is 19.1 Å². The SMILES string of the molecule is C[C@H](CCC(=O)N[C@H](CC(=O)O)C(=O)N[C@@H](CCCN=C(N)N)C(=O)N[C@@H](CC(=O)O)C(=O)N[C@@H](CC(=O)O)C(=O)N[C@@H](CS)C(=O)O)NC(=O)c1ccc(NCc2cnc3nc(N)[nH]c(=O)c3n2)cc1. The third-order valence-electron chi connectivity index (χ3n) is 9.72. The molecule has 0 bridgehead atoms. The van der Waals surface area contributed by atoms with Crippen molar-refractivity contribution in [3.05, 3.63) is 52.1 Å². The van der Waals surface area contributed by atoms with Crippen LogP contribution in [0.1, 0.15) is 67.9 Å². The van der Waals surface area contributed by atoms with E-state index < -0.39 is 126 Å². The van der Waals surface area contributed by atoms with Crippen LogP contribution in [0.5, 0.6) is 0 Å². The van der Waals surface area contributed by atoms with Crippen molar-refractivity contribution in [2.75, 3.05) is 23.3 Å². The number of aromatic amines is 1. The van der Waals surface area contributed by atoms with Crippen LogP contribution in [-0.4, -0.2) is 154 Å². The van der Waals surface area contributed by atoms with E-state index in [0.29, 0.717) is 11.4 Å². The number of thiol groups is 1. The van der Waals surface area contributed by atoms with Gasteiger partial charge >= 0.3 is 23.9 Å². The molecule has 71 heavy (non-hydrogen) atoms. The van der Waals surface area contributed by atoms with E-state index in [1.807, 2.05) is 10.6 Å². The predicted molar refractivity (Wildman–Crippen MR) is 250 cm³/mol. The van der Waals surface area contributed by atoms with E-state index in [1.165, 1.54) is 18.3 Å². The summed E-state index contributed by atoms with van der Waals surface area (Å²) in [6, 6.07) is -3.50. The molecule has 30 nitrogen and oxygen atoms in total. The summed E-state index contributed by atoms with van der Waals surface area (Å²) < 4.78 is 0. The first kappa shape index (κ1) is 56.7. The fourth-order valence-electron chi connectivity index (χ4n) is 6.18. The molecule has 3 rings (SSSR count). The van der Waals surface area contributed by atoms with Crippen LogP contribution in [0, 0.1) is 0 Å². The van der Waals surface area contributed by atoms with Crippen LogP contribution in [0.2, 0.25) is 0 Å². The van der Waals surface area contributed by atoms with E-state index in [4.69, 9.17) is 17.2 Å². The molecule has 0 radical (unpaired) electrons. The quantitative estimate of drug-likeness (QED) is 0.0135. The average molecular weight is 1020 g/mol. The number of hydrogen-bond acceptors (Lipinski definition) is 18. The van der Waals surface area contributed by atoms with Gasteiger partial charge in [0.1, 0.15) is 30.2 Å². The molecule has 0 unspecified atom stereocenters. The minimum absolute atomic E-state index is 0.00350. The van der Waals surface area contributed by atoms with Crippen LogP contribution >= 0.6 is 12.6 Å². The Morgan fingerprint density at radius 1 is 0.718 bits per heavy atom. The number of amides is 6. The molecule has 0 aliphatic heterocycles. The maximum absolute atomic E-state index is 13.7. The maximum Gasteiger partial charge on any atom is 0.327 e. The molecule has 18 N–H and O–H groups in total. The lowest BCUT2D eigenvalue weighted by Crippen LogP contribution is -2.59. The number of aliphatic imine (C=N–C) groups is 1. The largest absolute Gasteiger partial charge is 0.481 e. The number of aromatic nitrogens is 4. The summed E-state index contributed by atoms with van der Waals surface area (Å²) in [4.78, 5) is 156. The summed E-state index contributed by atoms with van der Waals surface area (Å²) in [6.45, 7) is 1.64. The van der Waals surface area contributed by atoms with Crippen molar-refractivity contribution in [3.63, 3.8) is 0 Å². The number of H-pyrrole nitrogens is 1. The average Bonchev–Trinajstić information content (AvgIpc) is 3.29. The van der Waals surface area contributed by atoms with Gasteiger partial charge in [0.2, 0.25) is 35.5 Å². The lowest BCUT2D eigenvalue weighted by atomic mass is 10.1. The van der Waals surface area contributed by atoms with Crippen molar-refractivity contribution in [3.8, 4) is 0 Å². The molecule has 3 aromatic rings. The molecular formula is C40H53N15O15S. The molecule has 0 saturated carbocycles. The van der Waals surface area contributed by atoms with Crippen LogP contribution in [-0.2, 0) is 49.7 Å². The van der Waals surface area contributed by atoms with Crippen LogP contribution in [0.4, 0.5) is 11.6 Å². The Hall–Kier alpha value is -8.64. The summed E-state index contributed by atoms with van der Waals surface area (Å²) in [7, 11) is 0. The van der Waals surface area contributed by atoms with Crippen molar-refractivity contribution in [1.29, 1.82) is 0 Å². The van der Waals surface area contributed by atoms with Crippen molar-refractivity contribution in [2.24, 2.45) is 16.5 Å². The Morgan fingerprint density at radius 2 is 1.24 bits per heavy atom. The number of nitrogens with two attached hydrogens (primary N) is 3. The van der Waals surface area contributed by atoms with E-state index in [9.17, 15) is 73.2 Å². The lowest BCUT2D eigenvalue weighted by Gasteiger charge is -2.26. The van der Waals surface area contributed by atoms with Gasteiger partial charge in [-0.15, -0.1) is 0 Å².